The Hall–Kier alpha value is -1.75. The van der Waals surface area contributed by atoms with Crippen molar-refractivity contribution in [1.29, 1.82) is 0 Å². The van der Waals surface area contributed by atoms with Gasteiger partial charge in [-0.15, -0.1) is 0 Å². The van der Waals surface area contributed by atoms with Gasteiger partial charge in [-0.25, -0.2) is 4.79 Å². The highest BCUT2D eigenvalue weighted by Gasteiger charge is 2.17. The van der Waals surface area contributed by atoms with Crippen LogP contribution in [0.2, 0.25) is 0 Å². The Bertz CT molecular complexity index is 440. The van der Waals surface area contributed by atoms with E-state index in [0.717, 1.165) is 24.5 Å². The third-order valence-corrected chi connectivity index (χ3v) is 3.65. The number of aliphatic hydroxyl groups is 1. The van der Waals surface area contributed by atoms with Gasteiger partial charge in [0.1, 0.15) is 0 Å². The van der Waals surface area contributed by atoms with Crippen LogP contribution in [0.3, 0.4) is 0 Å². The summed E-state index contributed by atoms with van der Waals surface area (Å²) in [5.74, 6) is 0. The van der Waals surface area contributed by atoms with Crippen molar-refractivity contribution in [3.8, 4) is 0 Å². The molecular formula is C15H23N3O2. The first-order valence-electron chi connectivity index (χ1n) is 7.27. The van der Waals surface area contributed by atoms with Gasteiger partial charge in [-0.3, -0.25) is 0 Å². The molecule has 1 aliphatic heterocycles. The first-order valence-corrected chi connectivity index (χ1v) is 7.27. The number of hydrogen-bond acceptors (Lipinski definition) is 3. The fourth-order valence-electron chi connectivity index (χ4n) is 2.43. The molecule has 1 atom stereocenters. The second-order valence-corrected chi connectivity index (χ2v) is 5.10. The van der Waals surface area contributed by atoms with Crippen LogP contribution in [0.5, 0.6) is 0 Å². The van der Waals surface area contributed by atoms with Crippen LogP contribution in [0.25, 0.3) is 0 Å². The van der Waals surface area contributed by atoms with Gasteiger partial charge in [0.05, 0.1) is 24.0 Å². The molecule has 5 nitrogen and oxygen atoms in total. The molecule has 0 radical (unpaired) electrons. The molecule has 1 saturated heterocycles. The summed E-state index contributed by atoms with van der Waals surface area (Å²) in [4.78, 5) is 14.2. The molecule has 0 saturated carbocycles. The molecule has 1 heterocycles. The highest BCUT2D eigenvalue weighted by atomic mass is 16.3. The maximum Gasteiger partial charge on any atom is 0.319 e. The maximum atomic E-state index is 12.0. The summed E-state index contributed by atoms with van der Waals surface area (Å²) in [5, 5.41) is 14.8. The fraction of sp³-hybridized carbons (Fsp3) is 0.533. The van der Waals surface area contributed by atoms with E-state index in [-0.39, 0.29) is 18.7 Å². The van der Waals surface area contributed by atoms with Crippen molar-refractivity contribution in [2.45, 2.75) is 32.2 Å². The summed E-state index contributed by atoms with van der Waals surface area (Å²) >= 11 is 0. The lowest BCUT2D eigenvalue weighted by atomic mass is 10.2. The van der Waals surface area contributed by atoms with Crippen molar-refractivity contribution in [3.05, 3.63) is 24.3 Å². The Labute approximate surface area is 120 Å². The lowest BCUT2D eigenvalue weighted by Gasteiger charge is -2.22. The van der Waals surface area contributed by atoms with Gasteiger partial charge in [-0.1, -0.05) is 19.1 Å². The van der Waals surface area contributed by atoms with Crippen molar-refractivity contribution in [3.63, 3.8) is 0 Å². The third-order valence-electron chi connectivity index (χ3n) is 3.65. The summed E-state index contributed by atoms with van der Waals surface area (Å²) in [6.07, 6.45) is 3.10. The normalized spacial score (nSPS) is 16.0. The zero-order valence-corrected chi connectivity index (χ0v) is 11.9. The van der Waals surface area contributed by atoms with Gasteiger partial charge in [0.2, 0.25) is 0 Å². The molecule has 1 aromatic carbocycles. The number of nitrogens with zero attached hydrogens (tertiary/aromatic N) is 1. The predicted molar refractivity (Wildman–Crippen MR) is 81.2 cm³/mol. The van der Waals surface area contributed by atoms with Crippen LogP contribution >= 0.6 is 0 Å². The molecule has 0 aliphatic carbocycles. The number of rotatable bonds is 5. The van der Waals surface area contributed by atoms with Gasteiger partial charge < -0.3 is 20.6 Å². The summed E-state index contributed by atoms with van der Waals surface area (Å²) < 4.78 is 0. The highest BCUT2D eigenvalue weighted by Crippen LogP contribution is 2.28. The summed E-state index contributed by atoms with van der Waals surface area (Å²) in [5.41, 5.74) is 1.89. The molecule has 1 aliphatic rings. The zero-order valence-electron chi connectivity index (χ0n) is 11.9. The molecule has 2 amide bonds. The Morgan fingerprint density at radius 3 is 2.70 bits per heavy atom. The van der Waals surface area contributed by atoms with E-state index in [1.807, 2.05) is 31.2 Å². The van der Waals surface area contributed by atoms with E-state index < -0.39 is 0 Å². The van der Waals surface area contributed by atoms with Crippen LogP contribution in [0.15, 0.2) is 24.3 Å². The Morgan fingerprint density at radius 1 is 1.35 bits per heavy atom. The third kappa shape index (κ3) is 3.63. The lowest BCUT2D eigenvalue weighted by Crippen LogP contribution is -2.40. The number of carbonyl (C=O) groups is 1. The Balaban J connectivity index is 2.03. The monoisotopic (exact) mass is 277 g/mol. The van der Waals surface area contributed by atoms with Crippen molar-refractivity contribution in [2.75, 3.05) is 29.9 Å². The summed E-state index contributed by atoms with van der Waals surface area (Å²) in [6, 6.07) is 7.38. The van der Waals surface area contributed by atoms with E-state index in [4.69, 9.17) is 5.11 Å². The van der Waals surface area contributed by atoms with Crippen molar-refractivity contribution >= 4 is 17.4 Å². The molecule has 110 valence electrons. The largest absolute Gasteiger partial charge is 0.394 e. The minimum atomic E-state index is -0.266. The average Bonchev–Trinajstić information content (AvgIpc) is 2.99. The lowest BCUT2D eigenvalue weighted by molar-refractivity contribution is 0.222. The van der Waals surface area contributed by atoms with Gasteiger partial charge in [-0.05, 0) is 31.4 Å². The number of aliphatic hydroxyl groups excluding tert-OH is 1. The first kappa shape index (κ1) is 14.7. The Morgan fingerprint density at radius 2 is 2.05 bits per heavy atom. The smallest absolute Gasteiger partial charge is 0.319 e. The summed E-state index contributed by atoms with van der Waals surface area (Å²) in [6.45, 7) is 3.96. The molecule has 3 N–H and O–H groups in total. The van der Waals surface area contributed by atoms with Crippen LogP contribution in [0.4, 0.5) is 16.2 Å². The van der Waals surface area contributed by atoms with Crippen LogP contribution in [-0.4, -0.2) is 36.9 Å². The molecule has 5 heteroatoms. The number of benzene rings is 1. The number of para-hydroxylation sites is 2. The van der Waals surface area contributed by atoms with E-state index >= 15 is 0 Å². The SMILES string of the molecule is CCC(CO)NC(=O)Nc1ccccc1N1CCCC1. The number of urea groups is 1. The van der Waals surface area contributed by atoms with Crippen LogP contribution in [-0.2, 0) is 0 Å². The highest BCUT2D eigenvalue weighted by molar-refractivity contribution is 5.93. The van der Waals surface area contributed by atoms with E-state index in [2.05, 4.69) is 15.5 Å². The van der Waals surface area contributed by atoms with Gasteiger partial charge in [0, 0.05) is 13.1 Å². The molecule has 20 heavy (non-hydrogen) atoms. The maximum absolute atomic E-state index is 12.0. The standard InChI is InChI=1S/C15H23N3O2/c1-2-12(11-19)16-15(20)17-13-7-3-4-8-14(13)18-9-5-6-10-18/h3-4,7-8,12,19H,2,5-6,9-11H2,1H3,(H2,16,17,20). The topological polar surface area (TPSA) is 64.6 Å². The molecular weight excluding hydrogens is 254 g/mol. The summed E-state index contributed by atoms with van der Waals surface area (Å²) in [7, 11) is 0. The van der Waals surface area contributed by atoms with E-state index in [1.165, 1.54) is 12.8 Å². The number of hydrogen-bond donors (Lipinski definition) is 3. The van der Waals surface area contributed by atoms with Crippen LogP contribution < -0.4 is 15.5 Å². The quantitative estimate of drug-likeness (QED) is 0.773. The average molecular weight is 277 g/mol. The van der Waals surface area contributed by atoms with E-state index in [0.29, 0.717) is 6.42 Å². The van der Waals surface area contributed by atoms with Gasteiger partial charge in [0.25, 0.3) is 0 Å². The molecule has 0 spiro atoms. The van der Waals surface area contributed by atoms with Gasteiger partial charge in [-0.2, -0.15) is 0 Å². The minimum absolute atomic E-state index is 0.0440. The fourth-order valence-corrected chi connectivity index (χ4v) is 2.43. The molecule has 0 aromatic heterocycles. The molecule has 1 aromatic rings. The number of nitrogens with one attached hydrogen (secondary N) is 2. The zero-order chi connectivity index (χ0) is 14.4. The second kappa shape index (κ2) is 7.14. The van der Waals surface area contributed by atoms with Gasteiger partial charge >= 0.3 is 6.03 Å². The minimum Gasteiger partial charge on any atom is -0.394 e. The van der Waals surface area contributed by atoms with E-state index in [1.54, 1.807) is 0 Å². The van der Waals surface area contributed by atoms with Crippen LogP contribution in [0, 0.1) is 0 Å². The van der Waals surface area contributed by atoms with Gasteiger partial charge in [0.15, 0.2) is 0 Å². The van der Waals surface area contributed by atoms with Crippen LogP contribution in [0.1, 0.15) is 26.2 Å². The number of amides is 2. The number of anilines is 2. The molecule has 1 fully saturated rings. The van der Waals surface area contributed by atoms with Crippen molar-refractivity contribution in [1.82, 2.24) is 5.32 Å². The molecule has 1 unspecified atom stereocenters. The predicted octanol–water partition coefficient (Wildman–Crippen LogP) is 2.18. The number of carbonyl (C=O) groups excluding carboxylic acids is 1. The second-order valence-electron chi connectivity index (χ2n) is 5.10. The molecule has 0 bridgehead atoms. The molecule has 2 rings (SSSR count). The first-order chi connectivity index (χ1) is 9.74. The van der Waals surface area contributed by atoms with Crippen molar-refractivity contribution in [2.24, 2.45) is 0 Å². The Kier molecular flexibility index (Phi) is 5.24. The van der Waals surface area contributed by atoms with E-state index in [9.17, 15) is 4.79 Å². The van der Waals surface area contributed by atoms with Crippen molar-refractivity contribution < 1.29 is 9.90 Å².